The molecule has 0 saturated carbocycles. The van der Waals surface area contributed by atoms with Crippen molar-refractivity contribution < 1.29 is 4.79 Å². The number of nitrogens with one attached hydrogen (secondary N) is 2. The van der Waals surface area contributed by atoms with Crippen molar-refractivity contribution in [2.24, 2.45) is 5.92 Å². The van der Waals surface area contributed by atoms with Crippen molar-refractivity contribution >= 4 is 28.0 Å². The van der Waals surface area contributed by atoms with E-state index in [0.29, 0.717) is 18.2 Å². The molecule has 4 heterocycles. The highest BCUT2D eigenvalue weighted by atomic mass is 16.2. The van der Waals surface area contributed by atoms with Gasteiger partial charge in [0.05, 0.1) is 18.1 Å². The average molecular weight is 373 g/mol. The summed E-state index contributed by atoms with van der Waals surface area (Å²) in [5.74, 6) is 1.52. The van der Waals surface area contributed by atoms with Crippen molar-refractivity contribution in [2.45, 2.75) is 25.7 Å². The molecule has 0 unspecified atom stereocenters. The van der Waals surface area contributed by atoms with Crippen LogP contribution in [0.3, 0.4) is 0 Å². The summed E-state index contributed by atoms with van der Waals surface area (Å²) in [7, 11) is 0. The lowest BCUT2D eigenvalue weighted by Crippen LogP contribution is -2.39. The van der Waals surface area contributed by atoms with Crippen molar-refractivity contribution in [2.75, 3.05) is 13.1 Å². The summed E-state index contributed by atoms with van der Waals surface area (Å²) in [4.78, 5) is 30.1. The van der Waals surface area contributed by atoms with E-state index in [9.17, 15) is 4.79 Å². The van der Waals surface area contributed by atoms with Gasteiger partial charge in [0, 0.05) is 24.7 Å². The van der Waals surface area contributed by atoms with Gasteiger partial charge in [-0.3, -0.25) is 4.79 Å². The van der Waals surface area contributed by atoms with Crippen LogP contribution in [0.4, 0.5) is 0 Å². The van der Waals surface area contributed by atoms with E-state index in [0.717, 1.165) is 54.4 Å². The number of amides is 1. The number of fused-ring (bicyclic) bond motifs is 3. The van der Waals surface area contributed by atoms with Gasteiger partial charge in [0.1, 0.15) is 17.0 Å². The van der Waals surface area contributed by atoms with Crippen LogP contribution in [-0.2, 0) is 17.6 Å². The third-order valence-electron chi connectivity index (χ3n) is 5.74. The Labute approximate surface area is 163 Å². The molecule has 1 aliphatic heterocycles. The number of carbonyl (C=O) groups is 1. The number of benzene rings is 1. The molecule has 1 saturated heterocycles. The Bertz CT molecular complexity index is 1110. The second-order valence-electron chi connectivity index (χ2n) is 7.63. The zero-order chi connectivity index (χ0) is 18.9. The first-order chi connectivity index (χ1) is 13.8. The van der Waals surface area contributed by atoms with Crippen LogP contribution in [0.15, 0.2) is 48.8 Å². The highest BCUT2D eigenvalue weighted by molar-refractivity contribution is 6.00. The number of aromatic nitrogens is 4. The van der Waals surface area contributed by atoms with Crippen molar-refractivity contribution in [1.82, 2.24) is 24.8 Å². The first-order valence-corrected chi connectivity index (χ1v) is 9.88. The van der Waals surface area contributed by atoms with E-state index in [1.165, 1.54) is 5.56 Å². The second-order valence-corrected chi connectivity index (χ2v) is 7.63. The maximum absolute atomic E-state index is 12.8. The van der Waals surface area contributed by atoms with Crippen LogP contribution in [0, 0.1) is 5.92 Å². The third kappa shape index (κ3) is 3.26. The maximum atomic E-state index is 12.8. The Balaban J connectivity index is 1.22. The lowest BCUT2D eigenvalue weighted by atomic mass is 9.90. The highest BCUT2D eigenvalue weighted by Crippen LogP contribution is 2.23. The van der Waals surface area contributed by atoms with Gasteiger partial charge in [-0.05, 0) is 36.8 Å². The van der Waals surface area contributed by atoms with E-state index in [2.05, 4.69) is 50.3 Å². The number of pyridine rings is 1. The zero-order valence-electron chi connectivity index (χ0n) is 15.7. The molecule has 0 aliphatic carbocycles. The maximum Gasteiger partial charge on any atom is 0.230 e. The molecule has 1 aliphatic rings. The van der Waals surface area contributed by atoms with E-state index in [4.69, 9.17) is 0 Å². The Morgan fingerprint density at radius 3 is 2.79 bits per heavy atom. The summed E-state index contributed by atoms with van der Waals surface area (Å²) in [5.41, 5.74) is 3.95. The van der Waals surface area contributed by atoms with Crippen LogP contribution in [0.25, 0.3) is 22.1 Å². The van der Waals surface area contributed by atoms with Crippen molar-refractivity contribution in [1.29, 1.82) is 0 Å². The average Bonchev–Trinajstić information content (AvgIpc) is 3.35. The molecule has 142 valence electrons. The number of rotatable bonds is 4. The van der Waals surface area contributed by atoms with Crippen LogP contribution in [0.5, 0.6) is 0 Å². The van der Waals surface area contributed by atoms with E-state index < -0.39 is 0 Å². The molecule has 1 fully saturated rings. The monoisotopic (exact) mass is 373 g/mol. The molecule has 1 amide bonds. The van der Waals surface area contributed by atoms with Crippen molar-refractivity contribution in [3.05, 3.63) is 60.2 Å². The van der Waals surface area contributed by atoms with Gasteiger partial charge >= 0.3 is 0 Å². The Morgan fingerprint density at radius 2 is 1.96 bits per heavy atom. The molecule has 6 heteroatoms. The van der Waals surface area contributed by atoms with Crippen LogP contribution < -0.4 is 0 Å². The number of H-pyrrole nitrogens is 2. The smallest absolute Gasteiger partial charge is 0.230 e. The summed E-state index contributed by atoms with van der Waals surface area (Å²) in [6.07, 6.45) is 7.17. The molecule has 0 spiro atoms. The van der Waals surface area contributed by atoms with Gasteiger partial charge < -0.3 is 14.9 Å². The van der Waals surface area contributed by atoms with Crippen LogP contribution in [0.2, 0.25) is 0 Å². The van der Waals surface area contributed by atoms with E-state index in [-0.39, 0.29) is 5.91 Å². The third-order valence-corrected chi connectivity index (χ3v) is 5.74. The predicted octanol–water partition coefficient (Wildman–Crippen LogP) is 3.46. The van der Waals surface area contributed by atoms with Gasteiger partial charge in [-0.25, -0.2) is 9.97 Å². The highest BCUT2D eigenvalue weighted by Gasteiger charge is 2.24. The molecule has 6 nitrogen and oxygen atoms in total. The van der Waals surface area contributed by atoms with Gasteiger partial charge in [-0.15, -0.1) is 0 Å². The summed E-state index contributed by atoms with van der Waals surface area (Å²) in [6.45, 7) is 1.67. The summed E-state index contributed by atoms with van der Waals surface area (Å²) < 4.78 is 0. The molecule has 2 N–H and O–H groups in total. The molecule has 4 aromatic rings. The number of carbonyl (C=O) groups excluding carboxylic acids is 1. The number of hydrogen-bond acceptors (Lipinski definition) is 3. The number of likely N-dealkylation sites (tertiary alicyclic amines) is 1. The fourth-order valence-corrected chi connectivity index (χ4v) is 4.20. The topological polar surface area (TPSA) is 77.7 Å². The Hall–Kier alpha value is -3.15. The number of nitrogens with zero attached hydrogens (tertiary/aromatic N) is 3. The second kappa shape index (κ2) is 7.11. The molecule has 28 heavy (non-hydrogen) atoms. The van der Waals surface area contributed by atoms with Crippen LogP contribution >= 0.6 is 0 Å². The van der Waals surface area contributed by atoms with Gasteiger partial charge in [0.25, 0.3) is 0 Å². The minimum absolute atomic E-state index is 0.149. The molecular weight excluding hydrogens is 350 g/mol. The minimum Gasteiger partial charge on any atom is -0.346 e. The molecule has 0 atom stereocenters. The van der Waals surface area contributed by atoms with Gasteiger partial charge in [0.2, 0.25) is 5.91 Å². The molecule has 5 rings (SSSR count). The molecule has 3 aromatic heterocycles. The van der Waals surface area contributed by atoms with Crippen molar-refractivity contribution in [3.8, 4) is 0 Å². The van der Waals surface area contributed by atoms with Crippen molar-refractivity contribution in [3.63, 3.8) is 0 Å². The molecular formula is C22H23N5O. The lowest BCUT2D eigenvalue weighted by molar-refractivity contribution is -0.131. The summed E-state index contributed by atoms with van der Waals surface area (Å²) >= 11 is 0. The first kappa shape index (κ1) is 17.0. The summed E-state index contributed by atoms with van der Waals surface area (Å²) in [6, 6.07) is 12.6. The lowest BCUT2D eigenvalue weighted by Gasteiger charge is -2.32. The van der Waals surface area contributed by atoms with E-state index in [1.54, 1.807) is 6.20 Å². The fraction of sp³-hybridized carbons (Fsp3) is 0.318. The Kier molecular flexibility index (Phi) is 4.31. The largest absolute Gasteiger partial charge is 0.346 e. The molecule has 0 bridgehead atoms. The zero-order valence-corrected chi connectivity index (χ0v) is 15.7. The quantitative estimate of drug-likeness (QED) is 0.575. The Morgan fingerprint density at radius 1 is 1.14 bits per heavy atom. The number of hydrogen-bond donors (Lipinski definition) is 2. The van der Waals surface area contributed by atoms with Gasteiger partial charge in [0.15, 0.2) is 0 Å². The van der Waals surface area contributed by atoms with E-state index >= 15 is 0 Å². The normalized spacial score (nSPS) is 15.5. The standard InChI is InChI=1S/C22H23N5O/c28-20(27-10-7-16(8-11-27)12-15-4-2-1-3-5-15)13-19-25-18-14-24-22-17(6-9-23-22)21(18)26-19/h1-6,9,14,16H,7-8,10-13H2,(H,23,24)(H,25,26). The SMILES string of the molecule is O=C(Cc1nc2c(cnc3[nH]ccc32)[nH]1)N1CCC(Cc2ccccc2)CC1. The van der Waals surface area contributed by atoms with Gasteiger partial charge in [-0.2, -0.15) is 0 Å². The first-order valence-electron chi connectivity index (χ1n) is 9.88. The van der Waals surface area contributed by atoms with Crippen LogP contribution in [0.1, 0.15) is 24.2 Å². The number of piperidine rings is 1. The van der Waals surface area contributed by atoms with Gasteiger partial charge in [-0.1, -0.05) is 30.3 Å². The minimum atomic E-state index is 0.149. The molecule has 1 aromatic carbocycles. The number of aromatic amines is 2. The molecule has 0 radical (unpaired) electrons. The fourth-order valence-electron chi connectivity index (χ4n) is 4.20. The summed E-state index contributed by atoms with van der Waals surface area (Å²) in [5, 5.41) is 0.981. The number of imidazole rings is 1. The van der Waals surface area contributed by atoms with E-state index in [1.807, 2.05) is 17.2 Å². The predicted molar refractivity (Wildman–Crippen MR) is 109 cm³/mol. The van der Waals surface area contributed by atoms with Crippen LogP contribution in [-0.4, -0.2) is 43.8 Å².